The highest BCUT2D eigenvalue weighted by Gasteiger charge is 2.38. The number of halogens is 1. The van der Waals surface area contributed by atoms with Crippen LogP contribution in [0.25, 0.3) is 0 Å². The Morgan fingerprint density at radius 3 is 2.52 bits per heavy atom. The summed E-state index contributed by atoms with van der Waals surface area (Å²) in [6.07, 6.45) is -3.41. The minimum atomic E-state index is -1.34. The molecule has 2 heterocycles. The van der Waals surface area contributed by atoms with E-state index in [0.29, 0.717) is 19.5 Å². The van der Waals surface area contributed by atoms with Crippen LogP contribution in [0, 0.1) is 0 Å². The first-order valence-electron chi connectivity index (χ1n) is 8.26. The normalized spacial score (nSPS) is 23.9. The van der Waals surface area contributed by atoms with Crippen molar-refractivity contribution in [2.75, 3.05) is 26.2 Å². The third kappa shape index (κ3) is 4.39. The maximum absolute atomic E-state index is 14.0. The first-order chi connectivity index (χ1) is 12.0. The molecular weight excluding hydrogens is 331 g/mol. The molecule has 2 amide bonds. The first-order valence-corrected chi connectivity index (χ1v) is 8.26. The van der Waals surface area contributed by atoms with Crippen molar-refractivity contribution in [1.82, 2.24) is 9.80 Å². The number of hydrogen-bond donors (Lipinski definition) is 1. The summed E-state index contributed by atoms with van der Waals surface area (Å²) in [6.45, 7) is 1.02. The Bertz CT molecular complexity index is 608. The van der Waals surface area contributed by atoms with Crippen molar-refractivity contribution in [2.45, 2.75) is 31.4 Å². The number of hydrogen-bond acceptors (Lipinski definition) is 4. The predicted molar refractivity (Wildman–Crippen MR) is 86.0 cm³/mol. The van der Waals surface area contributed by atoms with Gasteiger partial charge in [-0.3, -0.25) is 0 Å². The minimum Gasteiger partial charge on any atom is -0.465 e. The Morgan fingerprint density at radius 1 is 1.16 bits per heavy atom. The molecule has 136 valence electrons. The molecule has 1 aromatic rings. The average Bonchev–Trinajstić information content (AvgIpc) is 2.57. The van der Waals surface area contributed by atoms with Crippen molar-refractivity contribution in [3.8, 4) is 0 Å². The molecule has 1 N–H and O–H groups in total. The van der Waals surface area contributed by atoms with E-state index in [0.717, 1.165) is 10.5 Å². The molecule has 0 spiro atoms. The van der Waals surface area contributed by atoms with E-state index in [2.05, 4.69) is 0 Å². The van der Waals surface area contributed by atoms with Gasteiger partial charge < -0.3 is 24.4 Å². The highest BCUT2D eigenvalue weighted by molar-refractivity contribution is 5.68. The predicted octanol–water partition coefficient (Wildman–Crippen LogP) is 2.11. The molecule has 2 aliphatic rings. The molecule has 7 nitrogen and oxygen atoms in total. The molecule has 0 bridgehead atoms. The van der Waals surface area contributed by atoms with Gasteiger partial charge in [0.1, 0.15) is 12.8 Å². The lowest BCUT2D eigenvalue weighted by atomic mass is 10.1. The van der Waals surface area contributed by atoms with Crippen LogP contribution in [-0.4, -0.2) is 71.7 Å². The SMILES string of the molecule is O=C(O)N1CC[C@H](OC2CN(C(=O)OCc3ccccc3)C2)[C@H](F)C1. The number of carbonyl (C=O) groups is 2. The van der Waals surface area contributed by atoms with Gasteiger partial charge in [-0.05, 0) is 12.0 Å². The lowest BCUT2D eigenvalue weighted by Crippen LogP contribution is -2.58. The van der Waals surface area contributed by atoms with E-state index < -0.39 is 24.5 Å². The van der Waals surface area contributed by atoms with Gasteiger partial charge in [0.15, 0.2) is 0 Å². The number of alkyl halides is 1. The Labute approximate surface area is 144 Å². The van der Waals surface area contributed by atoms with Crippen molar-refractivity contribution < 1.29 is 28.6 Å². The number of likely N-dealkylation sites (tertiary alicyclic amines) is 2. The van der Waals surface area contributed by atoms with E-state index in [9.17, 15) is 14.0 Å². The molecule has 8 heteroatoms. The summed E-state index contributed by atoms with van der Waals surface area (Å²) in [5.41, 5.74) is 0.912. The highest BCUT2D eigenvalue weighted by atomic mass is 19.1. The van der Waals surface area contributed by atoms with E-state index in [1.807, 2.05) is 30.3 Å². The summed E-state index contributed by atoms with van der Waals surface area (Å²) in [6, 6.07) is 9.39. The second-order valence-electron chi connectivity index (χ2n) is 6.27. The van der Waals surface area contributed by atoms with Gasteiger partial charge in [-0.15, -0.1) is 0 Å². The topological polar surface area (TPSA) is 79.3 Å². The molecule has 25 heavy (non-hydrogen) atoms. The summed E-state index contributed by atoms with van der Waals surface area (Å²) < 4.78 is 24.9. The fourth-order valence-electron chi connectivity index (χ4n) is 2.94. The quantitative estimate of drug-likeness (QED) is 0.898. The second kappa shape index (κ2) is 7.69. The number of nitrogens with zero attached hydrogens (tertiary/aromatic N) is 2. The molecule has 3 rings (SSSR count). The number of piperidine rings is 1. The summed E-state index contributed by atoms with van der Waals surface area (Å²) in [4.78, 5) is 25.3. The van der Waals surface area contributed by atoms with Crippen LogP contribution in [0.15, 0.2) is 30.3 Å². The Hall–Kier alpha value is -2.35. The van der Waals surface area contributed by atoms with E-state index >= 15 is 0 Å². The molecule has 0 aromatic heterocycles. The smallest absolute Gasteiger partial charge is 0.410 e. The van der Waals surface area contributed by atoms with E-state index in [1.165, 1.54) is 4.90 Å². The van der Waals surface area contributed by atoms with Gasteiger partial charge in [0.25, 0.3) is 0 Å². The zero-order valence-corrected chi connectivity index (χ0v) is 13.7. The van der Waals surface area contributed by atoms with Crippen molar-refractivity contribution in [3.05, 3.63) is 35.9 Å². The largest absolute Gasteiger partial charge is 0.465 e. The zero-order valence-electron chi connectivity index (χ0n) is 13.7. The zero-order chi connectivity index (χ0) is 17.8. The summed E-state index contributed by atoms with van der Waals surface area (Å²) >= 11 is 0. The maximum atomic E-state index is 14.0. The molecule has 0 saturated carbocycles. The molecule has 2 fully saturated rings. The molecule has 2 atom stereocenters. The van der Waals surface area contributed by atoms with Gasteiger partial charge in [-0.2, -0.15) is 0 Å². The first kappa shape index (κ1) is 17.5. The third-order valence-corrected chi connectivity index (χ3v) is 4.43. The van der Waals surface area contributed by atoms with Gasteiger partial charge in [0.05, 0.1) is 31.8 Å². The average molecular weight is 352 g/mol. The summed E-state index contributed by atoms with van der Waals surface area (Å²) in [7, 11) is 0. The summed E-state index contributed by atoms with van der Waals surface area (Å²) in [5.74, 6) is 0. The van der Waals surface area contributed by atoms with Crippen LogP contribution in [-0.2, 0) is 16.1 Å². The van der Waals surface area contributed by atoms with Gasteiger partial charge in [-0.25, -0.2) is 14.0 Å². The Balaban J connectivity index is 1.36. The van der Waals surface area contributed by atoms with E-state index in [1.54, 1.807) is 0 Å². The van der Waals surface area contributed by atoms with Crippen LogP contribution < -0.4 is 0 Å². The third-order valence-electron chi connectivity index (χ3n) is 4.43. The van der Waals surface area contributed by atoms with Crippen LogP contribution in [0.5, 0.6) is 0 Å². The van der Waals surface area contributed by atoms with Gasteiger partial charge in [0, 0.05) is 6.54 Å². The van der Waals surface area contributed by atoms with Gasteiger partial charge >= 0.3 is 12.2 Å². The number of ether oxygens (including phenoxy) is 2. The lowest BCUT2D eigenvalue weighted by Gasteiger charge is -2.42. The van der Waals surface area contributed by atoms with Crippen LogP contribution in [0.1, 0.15) is 12.0 Å². The molecule has 1 aromatic carbocycles. The van der Waals surface area contributed by atoms with Gasteiger partial charge in [0.2, 0.25) is 0 Å². The van der Waals surface area contributed by atoms with Crippen LogP contribution in [0.4, 0.5) is 14.0 Å². The van der Waals surface area contributed by atoms with Gasteiger partial charge in [-0.1, -0.05) is 30.3 Å². The molecule has 0 radical (unpaired) electrons. The number of benzene rings is 1. The maximum Gasteiger partial charge on any atom is 0.410 e. The van der Waals surface area contributed by atoms with E-state index in [4.69, 9.17) is 14.6 Å². The lowest BCUT2D eigenvalue weighted by molar-refractivity contribution is -0.123. The monoisotopic (exact) mass is 352 g/mol. The standard InChI is InChI=1S/C17H21FN2O5/c18-14-10-19(16(21)22)7-6-15(14)25-13-8-20(9-13)17(23)24-11-12-4-2-1-3-5-12/h1-5,13-15H,6-11H2,(H,21,22)/t14-,15+/m1/s1. The minimum absolute atomic E-state index is 0.171. The Kier molecular flexibility index (Phi) is 5.37. The van der Waals surface area contributed by atoms with Crippen LogP contribution in [0.2, 0.25) is 0 Å². The fourth-order valence-corrected chi connectivity index (χ4v) is 2.94. The van der Waals surface area contributed by atoms with Crippen molar-refractivity contribution in [1.29, 1.82) is 0 Å². The molecular formula is C17H21FN2O5. The molecule has 0 unspecified atom stereocenters. The molecule has 2 aliphatic heterocycles. The van der Waals surface area contributed by atoms with E-state index in [-0.39, 0.29) is 25.8 Å². The number of carboxylic acid groups (broad SMARTS) is 1. The highest BCUT2D eigenvalue weighted by Crippen LogP contribution is 2.23. The number of carbonyl (C=O) groups excluding carboxylic acids is 1. The fraction of sp³-hybridized carbons (Fsp3) is 0.529. The van der Waals surface area contributed by atoms with Crippen molar-refractivity contribution in [3.63, 3.8) is 0 Å². The van der Waals surface area contributed by atoms with Crippen molar-refractivity contribution in [2.24, 2.45) is 0 Å². The van der Waals surface area contributed by atoms with Crippen LogP contribution >= 0.6 is 0 Å². The molecule has 2 saturated heterocycles. The van der Waals surface area contributed by atoms with Crippen molar-refractivity contribution >= 4 is 12.2 Å². The number of rotatable bonds is 4. The number of amides is 2. The second-order valence-corrected chi connectivity index (χ2v) is 6.27. The summed E-state index contributed by atoms with van der Waals surface area (Å²) in [5, 5.41) is 8.87. The Morgan fingerprint density at radius 2 is 1.88 bits per heavy atom. The molecule has 0 aliphatic carbocycles. The van der Waals surface area contributed by atoms with Crippen LogP contribution in [0.3, 0.4) is 0 Å².